The largest absolute Gasteiger partial charge is 0.462 e. The normalized spacial score (nSPS) is 10.3. The van der Waals surface area contributed by atoms with Crippen LogP contribution >= 0.6 is 15.9 Å². The zero-order valence-electron chi connectivity index (χ0n) is 14.6. The molecule has 136 valence electrons. The minimum Gasteiger partial charge on any atom is -0.462 e. The Hall–Kier alpha value is -2.92. The van der Waals surface area contributed by atoms with Crippen molar-refractivity contribution in [1.82, 2.24) is 0 Å². The Morgan fingerprint density at radius 3 is 2.07 bits per heavy atom. The summed E-state index contributed by atoms with van der Waals surface area (Å²) >= 11 is 3.32. The predicted octanol–water partition coefficient (Wildman–Crippen LogP) is 5.51. The minimum atomic E-state index is -0.473. The molecule has 0 saturated carbocycles. The second-order valence-electron chi connectivity index (χ2n) is 5.70. The van der Waals surface area contributed by atoms with E-state index in [4.69, 9.17) is 9.47 Å². The van der Waals surface area contributed by atoms with Gasteiger partial charge in [0.05, 0.1) is 22.2 Å². The monoisotopic (exact) mass is 424 g/mol. The highest BCUT2D eigenvalue weighted by Crippen LogP contribution is 2.27. The van der Waals surface area contributed by atoms with Gasteiger partial charge in [-0.2, -0.15) is 0 Å². The Kier molecular flexibility index (Phi) is 6.04. The van der Waals surface area contributed by atoms with Crippen molar-refractivity contribution in [2.75, 3.05) is 6.61 Å². The molecule has 0 aromatic heterocycles. The lowest BCUT2D eigenvalue weighted by atomic mass is 10.0. The molecule has 0 aliphatic rings. The molecule has 4 nitrogen and oxygen atoms in total. The molecule has 0 unspecified atom stereocenters. The molecule has 0 bridgehead atoms. The van der Waals surface area contributed by atoms with Crippen LogP contribution in [0.4, 0.5) is 0 Å². The van der Waals surface area contributed by atoms with Gasteiger partial charge in [0.1, 0.15) is 5.75 Å². The Morgan fingerprint density at radius 2 is 1.44 bits per heavy atom. The van der Waals surface area contributed by atoms with E-state index < -0.39 is 11.9 Å². The highest BCUT2D eigenvalue weighted by atomic mass is 79.9. The molecule has 0 spiro atoms. The number of ether oxygens (including phenoxy) is 2. The maximum atomic E-state index is 12.4. The van der Waals surface area contributed by atoms with Crippen molar-refractivity contribution >= 4 is 27.9 Å². The van der Waals surface area contributed by atoms with Gasteiger partial charge in [0, 0.05) is 0 Å². The Balaban J connectivity index is 1.73. The van der Waals surface area contributed by atoms with Crippen LogP contribution in [0.25, 0.3) is 11.1 Å². The summed E-state index contributed by atoms with van der Waals surface area (Å²) in [7, 11) is 0. The van der Waals surface area contributed by atoms with E-state index in [1.165, 1.54) is 0 Å². The summed E-state index contributed by atoms with van der Waals surface area (Å²) in [6, 6.07) is 21.8. The third kappa shape index (κ3) is 4.63. The number of hydrogen-bond acceptors (Lipinski definition) is 4. The molecule has 3 aromatic rings. The average Bonchev–Trinajstić information content (AvgIpc) is 2.70. The van der Waals surface area contributed by atoms with Gasteiger partial charge >= 0.3 is 11.9 Å². The van der Waals surface area contributed by atoms with Crippen molar-refractivity contribution in [1.29, 1.82) is 0 Å². The molecule has 5 heteroatoms. The Morgan fingerprint density at radius 1 is 0.815 bits per heavy atom. The SMILES string of the molecule is CCOC(=O)c1ccc(OC(=O)c2ccc(-c3ccccc3)cc2)c(Br)c1. The van der Waals surface area contributed by atoms with E-state index in [-0.39, 0.29) is 0 Å². The molecule has 0 aliphatic heterocycles. The third-order valence-corrected chi connectivity index (χ3v) is 4.49. The first kappa shape index (κ1) is 18.9. The molecule has 0 aliphatic carbocycles. The minimum absolute atomic E-state index is 0.298. The van der Waals surface area contributed by atoms with E-state index in [0.717, 1.165) is 11.1 Å². The topological polar surface area (TPSA) is 52.6 Å². The first-order valence-corrected chi connectivity index (χ1v) is 9.22. The number of carbonyl (C=O) groups excluding carboxylic acids is 2. The second-order valence-corrected chi connectivity index (χ2v) is 6.55. The van der Waals surface area contributed by atoms with Crippen LogP contribution in [0, 0.1) is 0 Å². The highest BCUT2D eigenvalue weighted by molar-refractivity contribution is 9.10. The summed E-state index contributed by atoms with van der Waals surface area (Å²) in [6.45, 7) is 2.04. The molecule has 0 amide bonds. The van der Waals surface area contributed by atoms with Crippen molar-refractivity contribution in [2.45, 2.75) is 6.92 Å². The number of hydrogen-bond donors (Lipinski definition) is 0. The van der Waals surface area contributed by atoms with Crippen LogP contribution in [0.3, 0.4) is 0 Å². The molecule has 0 heterocycles. The van der Waals surface area contributed by atoms with Gasteiger partial charge in [0.25, 0.3) is 0 Å². The first-order chi connectivity index (χ1) is 13.1. The molecule has 0 radical (unpaired) electrons. The molecule has 0 atom stereocenters. The smallest absolute Gasteiger partial charge is 0.343 e. The number of halogens is 1. The fraction of sp³-hybridized carbons (Fsp3) is 0.0909. The molecule has 0 saturated heterocycles. The van der Waals surface area contributed by atoms with Crippen molar-refractivity contribution in [3.05, 3.63) is 88.4 Å². The lowest BCUT2D eigenvalue weighted by molar-refractivity contribution is 0.0526. The standard InChI is InChI=1S/C22H17BrO4/c1-2-26-21(24)18-12-13-20(19(23)14-18)27-22(25)17-10-8-16(9-11-17)15-6-4-3-5-7-15/h3-14H,2H2,1H3. The number of carbonyl (C=O) groups is 2. The van der Waals surface area contributed by atoms with E-state index in [1.807, 2.05) is 42.5 Å². The van der Waals surface area contributed by atoms with Gasteiger partial charge in [-0.25, -0.2) is 9.59 Å². The van der Waals surface area contributed by atoms with Gasteiger partial charge < -0.3 is 9.47 Å². The van der Waals surface area contributed by atoms with Crippen LogP contribution in [0.2, 0.25) is 0 Å². The summed E-state index contributed by atoms with van der Waals surface area (Å²) in [5.41, 5.74) is 2.92. The predicted molar refractivity (Wildman–Crippen MR) is 107 cm³/mol. The molecular formula is C22H17BrO4. The summed E-state index contributed by atoms with van der Waals surface area (Å²) in [5, 5.41) is 0. The highest BCUT2D eigenvalue weighted by Gasteiger charge is 2.14. The molecular weight excluding hydrogens is 408 g/mol. The van der Waals surface area contributed by atoms with Crippen LogP contribution in [-0.4, -0.2) is 18.5 Å². The van der Waals surface area contributed by atoms with Crippen LogP contribution < -0.4 is 4.74 Å². The zero-order chi connectivity index (χ0) is 19.2. The molecule has 0 fully saturated rings. The maximum Gasteiger partial charge on any atom is 0.343 e. The Labute approximate surface area is 165 Å². The first-order valence-electron chi connectivity index (χ1n) is 8.43. The van der Waals surface area contributed by atoms with Crippen LogP contribution in [-0.2, 0) is 4.74 Å². The van der Waals surface area contributed by atoms with Crippen molar-refractivity contribution in [2.24, 2.45) is 0 Å². The molecule has 27 heavy (non-hydrogen) atoms. The molecule has 3 aromatic carbocycles. The van der Waals surface area contributed by atoms with Gasteiger partial charge in [-0.3, -0.25) is 0 Å². The Bertz CT molecular complexity index is 950. The number of rotatable bonds is 5. The van der Waals surface area contributed by atoms with Gasteiger partial charge in [0.15, 0.2) is 0 Å². The van der Waals surface area contributed by atoms with E-state index >= 15 is 0 Å². The van der Waals surface area contributed by atoms with E-state index in [9.17, 15) is 9.59 Å². The summed E-state index contributed by atoms with van der Waals surface area (Å²) < 4.78 is 10.9. The van der Waals surface area contributed by atoms with Crippen LogP contribution in [0.1, 0.15) is 27.6 Å². The van der Waals surface area contributed by atoms with Crippen molar-refractivity contribution in [3.63, 3.8) is 0 Å². The van der Waals surface area contributed by atoms with E-state index in [1.54, 1.807) is 37.3 Å². The van der Waals surface area contributed by atoms with Crippen molar-refractivity contribution < 1.29 is 19.1 Å². The van der Waals surface area contributed by atoms with Gasteiger partial charge in [0.2, 0.25) is 0 Å². The van der Waals surface area contributed by atoms with Crippen molar-refractivity contribution in [3.8, 4) is 16.9 Å². The molecule has 3 rings (SSSR count). The summed E-state index contributed by atoms with van der Waals surface area (Å²) in [6.07, 6.45) is 0. The van der Waals surface area contributed by atoms with Gasteiger partial charge in [-0.1, -0.05) is 42.5 Å². The summed E-state index contributed by atoms with van der Waals surface area (Å²) in [4.78, 5) is 24.2. The zero-order valence-corrected chi connectivity index (χ0v) is 16.2. The van der Waals surface area contributed by atoms with Crippen LogP contribution in [0.5, 0.6) is 5.75 Å². The lowest BCUT2D eigenvalue weighted by Crippen LogP contribution is -2.09. The maximum absolute atomic E-state index is 12.4. The fourth-order valence-electron chi connectivity index (χ4n) is 2.51. The number of benzene rings is 3. The quantitative estimate of drug-likeness (QED) is 0.400. The van der Waals surface area contributed by atoms with Gasteiger partial charge in [-0.05, 0) is 64.3 Å². The van der Waals surface area contributed by atoms with Crippen LogP contribution in [0.15, 0.2) is 77.3 Å². The fourth-order valence-corrected chi connectivity index (χ4v) is 2.97. The van der Waals surface area contributed by atoms with Gasteiger partial charge in [-0.15, -0.1) is 0 Å². The van der Waals surface area contributed by atoms with E-state index in [2.05, 4.69) is 15.9 Å². The lowest BCUT2D eigenvalue weighted by Gasteiger charge is -2.09. The summed E-state index contributed by atoms with van der Waals surface area (Å²) in [5.74, 6) is -0.563. The second kappa shape index (κ2) is 8.64. The third-order valence-electron chi connectivity index (χ3n) is 3.87. The van der Waals surface area contributed by atoms with E-state index in [0.29, 0.717) is 28.0 Å². The number of esters is 2. The average molecular weight is 425 g/mol. The molecule has 0 N–H and O–H groups in total.